The Morgan fingerprint density at radius 3 is 2.06 bits per heavy atom. The number of rotatable bonds is 6. The highest BCUT2D eigenvalue weighted by atomic mass is 35.5. The number of hydrogen-bond acceptors (Lipinski definition) is 3. The van der Waals surface area contributed by atoms with Gasteiger partial charge in [0.15, 0.2) is 0 Å². The van der Waals surface area contributed by atoms with Gasteiger partial charge in [0.1, 0.15) is 5.84 Å². The van der Waals surface area contributed by atoms with Gasteiger partial charge in [0, 0.05) is 5.69 Å². The predicted molar refractivity (Wildman–Crippen MR) is 93.3 cm³/mol. The molecule has 1 fully saturated rings. The Morgan fingerprint density at radius 2 is 1.52 bits per heavy atom. The van der Waals surface area contributed by atoms with E-state index in [-0.39, 0.29) is 12.8 Å². The van der Waals surface area contributed by atoms with Crippen LogP contribution in [0.1, 0.15) is 31.2 Å². The Labute approximate surface area is 175 Å². The minimum absolute atomic E-state index is 0.250. The van der Waals surface area contributed by atoms with Crippen LogP contribution < -0.4 is 5.32 Å². The van der Waals surface area contributed by atoms with Crippen molar-refractivity contribution in [3.05, 3.63) is 29.8 Å². The van der Waals surface area contributed by atoms with Crippen molar-refractivity contribution in [1.29, 1.82) is 0 Å². The SMILES string of the molecule is O=S(=O)(/N=C1\Nc2ccccc2C12CCCC2)C(F)(F)C(F)(F)OC(F)(F)C(F)(F)Cl. The van der Waals surface area contributed by atoms with Gasteiger partial charge in [-0.1, -0.05) is 31.0 Å². The molecule has 1 aliphatic carbocycles. The Balaban J connectivity index is 2.02. The lowest BCUT2D eigenvalue weighted by Gasteiger charge is -2.30. The van der Waals surface area contributed by atoms with Crippen LogP contribution in [0.2, 0.25) is 0 Å². The number of nitrogens with one attached hydrogen (secondary N) is 1. The van der Waals surface area contributed by atoms with Crippen molar-refractivity contribution in [2.45, 2.75) is 54.0 Å². The van der Waals surface area contributed by atoms with E-state index < -0.39 is 44.1 Å². The van der Waals surface area contributed by atoms with E-state index in [1.165, 1.54) is 12.1 Å². The molecule has 1 spiro atoms. The van der Waals surface area contributed by atoms with Crippen LogP contribution in [-0.4, -0.2) is 37.1 Å². The van der Waals surface area contributed by atoms with Crippen molar-refractivity contribution in [3.63, 3.8) is 0 Å². The van der Waals surface area contributed by atoms with Gasteiger partial charge in [0.05, 0.1) is 5.41 Å². The first-order valence-electron chi connectivity index (χ1n) is 8.59. The van der Waals surface area contributed by atoms with Gasteiger partial charge in [0.2, 0.25) is 0 Å². The zero-order valence-corrected chi connectivity index (χ0v) is 16.7. The Morgan fingerprint density at radius 1 is 0.968 bits per heavy atom. The van der Waals surface area contributed by atoms with Crippen LogP contribution in [0.4, 0.5) is 40.8 Å². The third-order valence-electron chi connectivity index (χ3n) is 5.07. The van der Waals surface area contributed by atoms with Gasteiger partial charge in [-0.2, -0.15) is 43.5 Å². The molecule has 5 nitrogen and oxygen atoms in total. The van der Waals surface area contributed by atoms with Crippen LogP contribution >= 0.6 is 11.6 Å². The van der Waals surface area contributed by atoms with Crippen LogP contribution in [0, 0.1) is 0 Å². The Hall–Kier alpha value is -1.67. The summed E-state index contributed by atoms with van der Waals surface area (Å²) in [5.74, 6) is -0.601. The number of anilines is 1. The normalized spacial score (nSPS) is 20.9. The van der Waals surface area contributed by atoms with E-state index in [9.17, 15) is 43.5 Å². The molecule has 174 valence electrons. The molecule has 1 saturated carbocycles. The highest BCUT2D eigenvalue weighted by Gasteiger charge is 2.74. The number of ether oxygens (including phenoxy) is 1. The van der Waals surface area contributed by atoms with E-state index in [1.807, 2.05) is 0 Å². The van der Waals surface area contributed by atoms with Crippen LogP contribution in [-0.2, 0) is 20.2 Å². The number of hydrogen-bond donors (Lipinski definition) is 1. The van der Waals surface area contributed by atoms with Gasteiger partial charge in [-0.25, -0.2) is 4.74 Å². The topological polar surface area (TPSA) is 67.8 Å². The highest BCUT2D eigenvalue weighted by Crippen LogP contribution is 2.51. The van der Waals surface area contributed by atoms with Gasteiger partial charge in [0.25, 0.3) is 0 Å². The molecule has 1 heterocycles. The van der Waals surface area contributed by atoms with E-state index in [0.29, 0.717) is 24.1 Å². The molecule has 3 rings (SSSR count). The number of sulfonamides is 1. The molecular weight excluding hydrogens is 488 g/mol. The van der Waals surface area contributed by atoms with E-state index in [2.05, 4.69) is 26.1 Å². The van der Waals surface area contributed by atoms with Crippen LogP contribution in [0.3, 0.4) is 0 Å². The zero-order valence-electron chi connectivity index (χ0n) is 15.1. The summed E-state index contributed by atoms with van der Waals surface area (Å²) in [6.07, 6.45) is -11.3. The second-order valence-electron chi connectivity index (χ2n) is 7.02. The molecule has 1 aliphatic heterocycles. The number of halogens is 9. The van der Waals surface area contributed by atoms with Crippen molar-refractivity contribution in [2.24, 2.45) is 4.40 Å². The number of fused-ring (bicyclic) bond motifs is 2. The van der Waals surface area contributed by atoms with Crippen molar-refractivity contribution < 1.29 is 48.3 Å². The average Bonchev–Trinajstić information content (AvgIpc) is 3.20. The Kier molecular flexibility index (Phi) is 5.55. The lowest BCUT2D eigenvalue weighted by atomic mass is 9.80. The summed E-state index contributed by atoms with van der Waals surface area (Å²) in [5.41, 5.74) is -0.387. The number of alkyl halides is 9. The van der Waals surface area contributed by atoms with Crippen LogP contribution in [0.15, 0.2) is 28.7 Å². The lowest BCUT2D eigenvalue weighted by Crippen LogP contribution is -2.54. The molecule has 0 atom stereocenters. The van der Waals surface area contributed by atoms with Crippen molar-refractivity contribution in [3.8, 4) is 0 Å². The quantitative estimate of drug-likeness (QED) is 0.426. The summed E-state index contributed by atoms with van der Waals surface area (Å²) in [6, 6.07) is 6.17. The van der Waals surface area contributed by atoms with E-state index in [4.69, 9.17) is 0 Å². The second kappa shape index (κ2) is 7.17. The molecule has 0 aromatic heterocycles. The van der Waals surface area contributed by atoms with Gasteiger partial charge in [-0.15, -0.1) is 4.40 Å². The zero-order chi connectivity index (χ0) is 23.5. The summed E-state index contributed by atoms with van der Waals surface area (Å²) >= 11 is 3.89. The number of amidine groups is 1. The molecule has 31 heavy (non-hydrogen) atoms. The van der Waals surface area contributed by atoms with E-state index in [0.717, 1.165) is 0 Å². The van der Waals surface area contributed by atoms with Gasteiger partial charge in [-0.3, -0.25) is 0 Å². The van der Waals surface area contributed by atoms with Gasteiger partial charge >= 0.3 is 32.9 Å². The monoisotopic (exact) mass is 500 g/mol. The molecule has 0 unspecified atom stereocenters. The third-order valence-corrected chi connectivity index (χ3v) is 6.60. The maximum Gasteiger partial charge on any atom is 0.455 e. The Bertz CT molecular complexity index is 1000. The summed E-state index contributed by atoms with van der Waals surface area (Å²) in [7, 11) is -6.60. The maximum atomic E-state index is 14.1. The predicted octanol–water partition coefficient (Wildman–Crippen LogP) is 5.28. The summed E-state index contributed by atoms with van der Waals surface area (Å²) in [5, 5.41) is -9.78. The molecule has 1 aromatic rings. The standard InChI is InChI=1S/C16H13ClF8N2O3S/c17-13(18,19)14(20,21)30-15(22,23)16(24,25)31(28,29)27-11-12(7-3-4-8-12)9-5-1-2-6-10(9)26-11/h1-2,5-6H,3-4,7-8H2,(H,26,27). The summed E-state index contributed by atoms with van der Waals surface area (Å²) in [4.78, 5) is 0. The number of para-hydroxylation sites is 1. The largest absolute Gasteiger partial charge is 0.455 e. The first-order valence-corrected chi connectivity index (χ1v) is 10.4. The number of benzene rings is 1. The maximum absolute atomic E-state index is 14.1. The van der Waals surface area contributed by atoms with Crippen molar-refractivity contribution >= 4 is 33.1 Å². The van der Waals surface area contributed by atoms with Gasteiger partial charge < -0.3 is 5.32 Å². The van der Waals surface area contributed by atoms with Gasteiger partial charge in [-0.05, 0) is 36.1 Å². The molecule has 2 aliphatic rings. The molecule has 0 radical (unpaired) electrons. The summed E-state index contributed by atoms with van der Waals surface area (Å²) in [6.45, 7) is 0. The third kappa shape index (κ3) is 3.75. The molecule has 0 bridgehead atoms. The second-order valence-corrected chi connectivity index (χ2v) is 9.15. The fourth-order valence-electron chi connectivity index (χ4n) is 3.58. The molecule has 1 aromatic carbocycles. The minimum atomic E-state index is -6.61. The first kappa shape index (κ1) is 24.0. The fraction of sp³-hybridized carbons (Fsp3) is 0.562. The van der Waals surface area contributed by atoms with E-state index >= 15 is 0 Å². The molecule has 1 N–H and O–H groups in total. The molecule has 0 amide bonds. The van der Waals surface area contributed by atoms with Crippen molar-refractivity contribution in [1.82, 2.24) is 0 Å². The lowest BCUT2D eigenvalue weighted by molar-refractivity contribution is -0.442. The smallest absolute Gasteiger partial charge is 0.342 e. The van der Waals surface area contributed by atoms with E-state index in [1.54, 1.807) is 12.1 Å². The van der Waals surface area contributed by atoms with Crippen LogP contribution in [0.25, 0.3) is 0 Å². The molecule has 0 saturated heterocycles. The number of nitrogens with zero attached hydrogens (tertiary/aromatic N) is 1. The highest BCUT2D eigenvalue weighted by molar-refractivity contribution is 7.91. The molecule has 15 heteroatoms. The minimum Gasteiger partial charge on any atom is -0.342 e. The summed E-state index contributed by atoms with van der Waals surface area (Å²) < 4.78 is 136. The van der Waals surface area contributed by atoms with Crippen LogP contribution in [0.5, 0.6) is 0 Å². The fourth-order valence-corrected chi connectivity index (χ4v) is 4.54. The van der Waals surface area contributed by atoms with Crippen molar-refractivity contribution in [2.75, 3.05) is 5.32 Å². The average molecular weight is 501 g/mol. The molecular formula is C16H13ClF8N2O3S. The first-order chi connectivity index (χ1) is 14.0.